The van der Waals surface area contributed by atoms with Crippen LogP contribution >= 0.6 is 0 Å². The number of aliphatic carboxylic acids is 1. The van der Waals surface area contributed by atoms with Gasteiger partial charge >= 0.3 is 5.97 Å². The largest absolute Gasteiger partial charge is 0.508 e. The van der Waals surface area contributed by atoms with Crippen LogP contribution in [0.2, 0.25) is 0 Å². The standard InChI is InChI=1S/C16H16O4.C3H8O2/c17-13-5-1-11(2-6-13)15(9-10-16(19)20)12-3-7-14(18)8-4-12;1-3(5)2-4/h1-8,15,17-18H,9-10H2,(H,19,20);3-5H,2H2,1H3. The highest BCUT2D eigenvalue weighted by molar-refractivity contribution is 5.66. The summed E-state index contributed by atoms with van der Waals surface area (Å²) in [6, 6.07) is 13.5. The fourth-order valence-electron chi connectivity index (χ4n) is 2.21. The quantitative estimate of drug-likeness (QED) is 0.547. The second kappa shape index (κ2) is 10.3. The van der Waals surface area contributed by atoms with E-state index in [4.69, 9.17) is 15.3 Å². The molecule has 0 aliphatic carbocycles. The van der Waals surface area contributed by atoms with Gasteiger partial charge in [-0.2, -0.15) is 0 Å². The van der Waals surface area contributed by atoms with Crippen molar-refractivity contribution in [3.63, 3.8) is 0 Å². The van der Waals surface area contributed by atoms with E-state index in [1.807, 2.05) is 0 Å². The van der Waals surface area contributed by atoms with Crippen molar-refractivity contribution >= 4 is 5.97 Å². The number of hydrogen-bond acceptors (Lipinski definition) is 5. The number of rotatable bonds is 6. The third-order valence-corrected chi connectivity index (χ3v) is 3.50. The molecular weight excluding hydrogens is 324 g/mol. The minimum Gasteiger partial charge on any atom is -0.508 e. The van der Waals surface area contributed by atoms with Gasteiger partial charge in [0.05, 0.1) is 12.7 Å². The number of carboxylic acids is 1. The molecule has 0 bridgehead atoms. The van der Waals surface area contributed by atoms with Crippen molar-refractivity contribution in [1.29, 1.82) is 0 Å². The van der Waals surface area contributed by atoms with Gasteiger partial charge in [0.2, 0.25) is 0 Å². The number of carbonyl (C=O) groups is 1. The van der Waals surface area contributed by atoms with Crippen LogP contribution in [0.3, 0.4) is 0 Å². The zero-order valence-corrected chi connectivity index (χ0v) is 14.0. The van der Waals surface area contributed by atoms with E-state index >= 15 is 0 Å². The number of aliphatic hydroxyl groups excluding tert-OH is 2. The fraction of sp³-hybridized carbons (Fsp3) is 0.316. The van der Waals surface area contributed by atoms with Crippen LogP contribution in [-0.4, -0.2) is 44.2 Å². The first-order valence-electron chi connectivity index (χ1n) is 7.92. The van der Waals surface area contributed by atoms with Crippen molar-refractivity contribution in [3.8, 4) is 11.5 Å². The molecule has 136 valence electrons. The van der Waals surface area contributed by atoms with Gasteiger partial charge < -0.3 is 25.5 Å². The number of benzene rings is 2. The zero-order chi connectivity index (χ0) is 18.8. The lowest BCUT2D eigenvalue weighted by Gasteiger charge is -2.17. The lowest BCUT2D eigenvalue weighted by Crippen LogP contribution is -2.05. The molecule has 0 heterocycles. The van der Waals surface area contributed by atoms with E-state index in [1.165, 1.54) is 6.92 Å². The first kappa shape index (κ1) is 20.5. The summed E-state index contributed by atoms with van der Waals surface area (Å²) in [4.78, 5) is 10.8. The van der Waals surface area contributed by atoms with E-state index in [0.29, 0.717) is 6.42 Å². The van der Waals surface area contributed by atoms with Crippen LogP contribution in [0.25, 0.3) is 0 Å². The molecule has 0 saturated carbocycles. The molecule has 0 spiro atoms. The molecule has 1 unspecified atom stereocenters. The summed E-state index contributed by atoms with van der Waals surface area (Å²) in [5.74, 6) is -0.562. The Balaban J connectivity index is 0.000000550. The van der Waals surface area contributed by atoms with Crippen LogP contribution < -0.4 is 0 Å². The molecule has 1 atom stereocenters. The molecule has 0 aliphatic rings. The maximum atomic E-state index is 10.8. The van der Waals surface area contributed by atoms with Crippen LogP contribution in [0, 0.1) is 0 Å². The number of phenolic OH excluding ortho intramolecular Hbond substituents is 2. The summed E-state index contributed by atoms with van der Waals surface area (Å²) >= 11 is 0. The SMILES string of the molecule is CC(O)CO.O=C(O)CCC(c1ccc(O)cc1)c1ccc(O)cc1. The average molecular weight is 348 g/mol. The molecule has 0 radical (unpaired) electrons. The van der Waals surface area contributed by atoms with E-state index in [2.05, 4.69) is 0 Å². The van der Waals surface area contributed by atoms with Crippen molar-refractivity contribution in [3.05, 3.63) is 59.7 Å². The van der Waals surface area contributed by atoms with Gasteiger partial charge in [-0.1, -0.05) is 24.3 Å². The Morgan fingerprint density at radius 1 is 0.920 bits per heavy atom. The summed E-state index contributed by atoms with van der Waals surface area (Å²) in [6.07, 6.45) is -0.0351. The van der Waals surface area contributed by atoms with E-state index in [9.17, 15) is 15.0 Å². The van der Waals surface area contributed by atoms with Crippen LogP contribution in [0.4, 0.5) is 0 Å². The molecule has 0 amide bonds. The van der Waals surface area contributed by atoms with Gasteiger partial charge in [0.15, 0.2) is 0 Å². The monoisotopic (exact) mass is 348 g/mol. The lowest BCUT2D eigenvalue weighted by atomic mass is 9.87. The molecule has 6 heteroatoms. The molecule has 2 aromatic carbocycles. The van der Waals surface area contributed by atoms with Crippen LogP contribution in [0.5, 0.6) is 11.5 Å². The molecule has 2 rings (SSSR count). The topological polar surface area (TPSA) is 118 Å². The number of aromatic hydroxyl groups is 2. The maximum Gasteiger partial charge on any atom is 0.303 e. The second-order valence-corrected chi connectivity index (χ2v) is 5.70. The predicted octanol–water partition coefficient (Wildman–Crippen LogP) is 2.45. The summed E-state index contributed by atoms with van der Waals surface area (Å²) < 4.78 is 0. The summed E-state index contributed by atoms with van der Waals surface area (Å²) in [5.41, 5.74) is 1.88. The van der Waals surface area contributed by atoms with E-state index < -0.39 is 12.1 Å². The molecule has 6 nitrogen and oxygen atoms in total. The Kier molecular flexibility index (Phi) is 8.46. The van der Waals surface area contributed by atoms with Gasteiger partial charge in [-0.25, -0.2) is 0 Å². The minimum atomic E-state index is -0.840. The van der Waals surface area contributed by atoms with E-state index in [0.717, 1.165) is 11.1 Å². The van der Waals surface area contributed by atoms with E-state index in [1.54, 1.807) is 48.5 Å². The first-order valence-corrected chi connectivity index (χ1v) is 7.92. The van der Waals surface area contributed by atoms with Crippen molar-refractivity contribution < 1.29 is 30.3 Å². The van der Waals surface area contributed by atoms with Gasteiger partial charge in [0.1, 0.15) is 11.5 Å². The maximum absolute atomic E-state index is 10.8. The molecule has 5 N–H and O–H groups in total. The summed E-state index contributed by atoms with van der Waals surface area (Å²) in [6.45, 7) is 1.39. The highest BCUT2D eigenvalue weighted by atomic mass is 16.4. The molecular formula is C19H24O6. The highest BCUT2D eigenvalue weighted by Gasteiger charge is 2.16. The molecule has 0 fully saturated rings. The zero-order valence-electron chi connectivity index (χ0n) is 14.0. The number of phenols is 2. The van der Waals surface area contributed by atoms with Crippen LogP contribution in [-0.2, 0) is 4.79 Å². The van der Waals surface area contributed by atoms with Gasteiger partial charge in [-0.3, -0.25) is 4.79 Å². The van der Waals surface area contributed by atoms with Crippen molar-refractivity contribution in [1.82, 2.24) is 0 Å². The Labute approximate surface area is 146 Å². The average Bonchev–Trinajstić information content (AvgIpc) is 2.58. The van der Waals surface area contributed by atoms with Crippen LogP contribution in [0.15, 0.2) is 48.5 Å². The van der Waals surface area contributed by atoms with Gasteiger partial charge in [-0.05, 0) is 48.7 Å². The number of carboxylic acid groups (broad SMARTS) is 1. The van der Waals surface area contributed by atoms with Crippen molar-refractivity contribution in [2.24, 2.45) is 0 Å². The smallest absolute Gasteiger partial charge is 0.303 e. The molecule has 2 aromatic rings. The number of hydrogen-bond donors (Lipinski definition) is 5. The summed E-state index contributed by atoms with van der Waals surface area (Å²) in [7, 11) is 0. The fourth-order valence-corrected chi connectivity index (χ4v) is 2.21. The van der Waals surface area contributed by atoms with Gasteiger partial charge in [-0.15, -0.1) is 0 Å². The minimum absolute atomic E-state index is 0.0619. The molecule has 25 heavy (non-hydrogen) atoms. The molecule has 0 aromatic heterocycles. The summed E-state index contributed by atoms with van der Waals surface area (Å²) in [5, 5.41) is 43.5. The Morgan fingerprint density at radius 3 is 1.56 bits per heavy atom. The second-order valence-electron chi connectivity index (χ2n) is 5.70. The van der Waals surface area contributed by atoms with Gasteiger partial charge in [0.25, 0.3) is 0 Å². The first-order chi connectivity index (χ1) is 11.8. The Bertz CT molecular complexity index is 588. The number of aliphatic hydroxyl groups is 2. The third kappa shape index (κ3) is 7.69. The van der Waals surface area contributed by atoms with Crippen molar-refractivity contribution in [2.75, 3.05) is 6.61 Å². The normalized spacial score (nSPS) is 11.5. The van der Waals surface area contributed by atoms with Crippen molar-refractivity contribution in [2.45, 2.75) is 31.8 Å². The van der Waals surface area contributed by atoms with E-state index in [-0.39, 0.29) is 30.4 Å². The Hall–Kier alpha value is -2.57. The lowest BCUT2D eigenvalue weighted by molar-refractivity contribution is -0.137. The Morgan fingerprint density at radius 2 is 1.28 bits per heavy atom. The molecule has 0 saturated heterocycles. The predicted molar refractivity (Wildman–Crippen MR) is 93.7 cm³/mol. The van der Waals surface area contributed by atoms with Crippen LogP contribution in [0.1, 0.15) is 36.8 Å². The highest BCUT2D eigenvalue weighted by Crippen LogP contribution is 2.31. The molecule has 0 aliphatic heterocycles. The van der Waals surface area contributed by atoms with Gasteiger partial charge in [0, 0.05) is 12.3 Å². The third-order valence-electron chi connectivity index (χ3n) is 3.50.